The third kappa shape index (κ3) is 7.48. The third-order valence-electron chi connectivity index (χ3n) is 5.45. The summed E-state index contributed by atoms with van der Waals surface area (Å²) in [6, 6.07) is 20.8. The summed E-state index contributed by atoms with van der Waals surface area (Å²) in [5.41, 5.74) is 2.50. The minimum atomic E-state index is 0.0494. The van der Waals surface area contributed by atoms with Crippen LogP contribution in [0.5, 0.6) is 0 Å². The topological polar surface area (TPSA) is 18.5 Å². The Bertz CT molecular complexity index is 574. The molecule has 2 nitrogen and oxygen atoms in total. The van der Waals surface area contributed by atoms with Crippen LogP contribution in [0.4, 0.5) is 0 Å². The predicted octanol–water partition coefficient (Wildman–Crippen LogP) is 6.50. The van der Waals surface area contributed by atoms with Gasteiger partial charge in [-0.15, -0.1) is 0 Å². The van der Waals surface area contributed by atoms with Crippen LogP contribution in [0.15, 0.2) is 60.7 Å². The average Bonchev–Trinajstić information content (AvgIpc) is 2.67. The van der Waals surface area contributed by atoms with Crippen molar-refractivity contribution in [1.82, 2.24) is 0 Å². The minimum Gasteiger partial charge on any atom is -0.376 e. The average molecular weight is 369 g/mol. The highest BCUT2D eigenvalue weighted by molar-refractivity contribution is 5.14. The largest absolute Gasteiger partial charge is 0.376 e. The molecule has 0 aliphatic rings. The molecule has 0 N–H and O–H groups in total. The summed E-state index contributed by atoms with van der Waals surface area (Å²) in [6.07, 6.45) is 2.33. The van der Waals surface area contributed by atoms with Crippen LogP contribution in [0, 0.1) is 17.3 Å². The molecular weight excluding hydrogens is 332 g/mol. The maximum absolute atomic E-state index is 6.20. The zero-order valence-corrected chi connectivity index (χ0v) is 17.5. The van der Waals surface area contributed by atoms with Gasteiger partial charge >= 0.3 is 0 Å². The number of rotatable bonds is 12. The molecule has 0 aromatic heterocycles. The zero-order chi connectivity index (χ0) is 19.5. The fraction of sp³-hybridized carbons (Fsp3) is 0.520. The van der Waals surface area contributed by atoms with E-state index < -0.39 is 0 Å². The molecule has 0 unspecified atom stereocenters. The Morgan fingerprint density at radius 1 is 0.704 bits per heavy atom. The highest BCUT2D eigenvalue weighted by Gasteiger charge is 2.34. The molecule has 2 heteroatoms. The standard InChI is InChI=1S/C25H36O2/c1-21(2)15-16-25(22(3)4,19-26-17-23-11-7-5-8-12-23)20-27-18-24-13-9-6-10-14-24/h5-14,21-22H,15-20H2,1-4H3. The number of ether oxygens (including phenoxy) is 2. The fourth-order valence-electron chi connectivity index (χ4n) is 3.28. The second-order valence-corrected chi connectivity index (χ2v) is 8.41. The fourth-order valence-corrected chi connectivity index (χ4v) is 3.28. The number of hydrogen-bond donors (Lipinski definition) is 0. The number of benzene rings is 2. The second kappa shape index (κ2) is 11.3. The van der Waals surface area contributed by atoms with Crippen molar-refractivity contribution in [2.75, 3.05) is 13.2 Å². The third-order valence-corrected chi connectivity index (χ3v) is 5.45. The van der Waals surface area contributed by atoms with Crippen molar-refractivity contribution in [3.8, 4) is 0 Å². The minimum absolute atomic E-state index is 0.0494. The van der Waals surface area contributed by atoms with Crippen molar-refractivity contribution in [3.05, 3.63) is 71.8 Å². The van der Waals surface area contributed by atoms with Gasteiger partial charge < -0.3 is 9.47 Å². The molecule has 0 aliphatic carbocycles. The quantitative estimate of drug-likeness (QED) is 0.426. The van der Waals surface area contributed by atoms with Crippen LogP contribution >= 0.6 is 0 Å². The van der Waals surface area contributed by atoms with Crippen molar-refractivity contribution in [3.63, 3.8) is 0 Å². The lowest BCUT2D eigenvalue weighted by Gasteiger charge is -2.38. The highest BCUT2D eigenvalue weighted by atomic mass is 16.5. The predicted molar refractivity (Wildman–Crippen MR) is 114 cm³/mol. The van der Waals surface area contributed by atoms with Crippen molar-refractivity contribution in [2.45, 2.75) is 53.8 Å². The van der Waals surface area contributed by atoms with Gasteiger partial charge in [0.2, 0.25) is 0 Å². The van der Waals surface area contributed by atoms with E-state index in [-0.39, 0.29) is 5.41 Å². The molecule has 27 heavy (non-hydrogen) atoms. The first-order chi connectivity index (χ1) is 13.0. The van der Waals surface area contributed by atoms with E-state index in [1.165, 1.54) is 17.5 Å². The van der Waals surface area contributed by atoms with Gasteiger partial charge in [0.1, 0.15) is 0 Å². The molecule has 0 fully saturated rings. The van der Waals surface area contributed by atoms with E-state index in [0.717, 1.165) is 19.6 Å². The Morgan fingerprint density at radius 2 is 1.15 bits per heavy atom. The highest BCUT2D eigenvalue weighted by Crippen LogP contribution is 2.36. The molecule has 0 radical (unpaired) electrons. The van der Waals surface area contributed by atoms with Crippen molar-refractivity contribution < 1.29 is 9.47 Å². The summed E-state index contributed by atoms with van der Waals surface area (Å²) in [7, 11) is 0. The monoisotopic (exact) mass is 368 g/mol. The first-order valence-electron chi connectivity index (χ1n) is 10.3. The first-order valence-corrected chi connectivity index (χ1v) is 10.3. The van der Waals surface area contributed by atoms with Gasteiger partial charge in [0.05, 0.1) is 26.4 Å². The van der Waals surface area contributed by atoms with Crippen LogP contribution in [-0.4, -0.2) is 13.2 Å². The second-order valence-electron chi connectivity index (χ2n) is 8.41. The summed E-state index contributed by atoms with van der Waals surface area (Å²) < 4.78 is 12.4. The molecule has 2 rings (SSSR count). The Labute approximate surface area is 165 Å². The Balaban J connectivity index is 1.98. The van der Waals surface area contributed by atoms with Crippen molar-refractivity contribution in [2.24, 2.45) is 17.3 Å². The molecule has 2 aromatic carbocycles. The van der Waals surface area contributed by atoms with E-state index in [1.807, 2.05) is 12.1 Å². The molecule has 0 saturated carbocycles. The zero-order valence-electron chi connectivity index (χ0n) is 17.5. The van der Waals surface area contributed by atoms with Gasteiger partial charge in [0.15, 0.2) is 0 Å². The van der Waals surface area contributed by atoms with Crippen LogP contribution in [0.2, 0.25) is 0 Å². The van der Waals surface area contributed by atoms with E-state index >= 15 is 0 Å². The molecule has 0 saturated heterocycles. The van der Waals surface area contributed by atoms with Crippen molar-refractivity contribution in [1.29, 1.82) is 0 Å². The maximum atomic E-state index is 6.20. The summed E-state index contributed by atoms with van der Waals surface area (Å²) in [5.74, 6) is 1.19. The van der Waals surface area contributed by atoms with E-state index in [0.29, 0.717) is 25.0 Å². The molecular formula is C25H36O2. The van der Waals surface area contributed by atoms with E-state index in [1.54, 1.807) is 0 Å². The molecule has 0 heterocycles. The Kier molecular flexibility index (Phi) is 9.03. The van der Waals surface area contributed by atoms with Gasteiger partial charge in [-0.3, -0.25) is 0 Å². The van der Waals surface area contributed by atoms with Gasteiger partial charge in [0, 0.05) is 5.41 Å². The Morgan fingerprint density at radius 3 is 1.52 bits per heavy atom. The first kappa shape index (κ1) is 21.7. The van der Waals surface area contributed by atoms with Crippen LogP contribution in [-0.2, 0) is 22.7 Å². The van der Waals surface area contributed by atoms with Gasteiger partial charge in [0.25, 0.3) is 0 Å². The molecule has 0 atom stereocenters. The van der Waals surface area contributed by atoms with Crippen LogP contribution in [0.1, 0.15) is 51.7 Å². The van der Waals surface area contributed by atoms with Gasteiger partial charge in [-0.2, -0.15) is 0 Å². The van der Waals surface area contributed by atoms with Crippen LogP contribution in [0.3, 0.4) is 0 Å². The van der Waals surface area contributed by atoms with Gasteiger partial charge in [-0.25, -0.2) is 0 Å². The van der Waals surface area contributed by atoms with Crippen molar-refractivity contribution >= 4 is 0 Å². The van der Waals surface area contributed by atoms with Crippen LogP contribution < -0.4 is 0 Å². The molecule has 0 spiro atoms. The molecule has 148 valence electrons. The maximum Gasteiger partial charge on any atom is 0.0717 e. The normalized spacial score (nSPS) is 12.1. The molecule has 0 amide bonds. The SMILES string of the molecule is CC(C)CCC(COCc1ccccc1)(COCc1ccccc1)C(C)C. The lowest BCUT2D eigenvalue weighted by Crippen LogP contribution is -2.38. The van der Waals surface area contributed by atoms with Gasteiger partial charge in [-0.05, 0) is 29.4 Å². The van der Waals surface area contributed by atoms with Gasteiger partial charge in [-0.1, -0.05) is 94.8 Å². The summed E-state index contributed by atoms with van der Waals surface area (Å²) in [4.78, 5) is 0. The Hall–Kier alpha value is -1.64. The number of hydrogen-bond acceptors (Lipinski definition) is 2. The summed E-state index contributed by atoms with van der Waals surface area (Å²) >= 11 is 0. The lowest BCUT2D eigenvalue weighted by atomic mass is 9.73. The van der Waals surface area contributed by atoms with E-state index in [2.05, 4.69) is 76.2 Å². The molecule has 0 bridgehead atoms. The molecule has 0 aliphatic heterocycles. The summed E-state index contributed by atoms with van der Waals surface area (Å²) in [6.45, 7) is 12.0. The van der Waals surface area contributed by atoms with Crippen LogP contribution in [0.25, 0.3) is 0 Å². The van der Waals surface area contributed by atoms with E-state index in [9.17, 15) is 0 Å². The van der Waals surface area contributed by atoms with E-state index in [4.69, 9.17) is 9.47 Å². The lowest BCUT2D eigenvalue weighted by molar-refractivity contribution is -0.0642. The summed E-state index contributed by atoms with van der Waals surface area (Å²) in [5, 5.41) is 0. The smallest absolute Gasteiger partial charge is 0.0717 e. The molecule has 2 aromatic rings.